The molecule has 7 nitrogen and oxygen atoms in total. The molecule has 0 aromatic rings. The van der Waals surface area contributed by atoms with E-state index in [4.69, 9.17) is 10.2 Å². The van der Waals surface area contributed by atoms with Crippen molar-refractivity contribution in [1.82, 2.24) is 15.5 Å². The third kappa shape index (κ3) is 8.47. The van der Waals surface area contributed by atoms with Crippen LogP contribution < -0.4 is 10.6 Å². The zero-order valence-corrected chi connectivity index (χ0v) is 10.3. The monoisotopic (exact) mass is 247 g/mol. The summed E-state index contributed by atoms with van der Waals surface area (Å²) in [5, 5.41) is 22.2. The molecule has 0 aliphatic heterocycles. The van der Waals surface area contributed by atoms with Crippen LogP contribution in [-0.4, -0.2) is 66.9 Å². The number of carbonyl (C=O) groups is 2. The van der Waals surface area contributed by atoms with Crippen LogP contribution in [0.2, 0.25) is 0 Å². The van der Waals surface area contributed by atoms with Crippen LogP contribution in [0.1, 0.15) is 12.8 Å². The van der Waals surface area contributed by atoms with Gasteiger partial charge in [-0.3, -0.25) is 0 Å². The van der Waals surface area contributed by atoms with Crippen LogP contribution in [0.5, 0.6) is 0 Å². The van der Waals surface area contributed by atoms with Crippen LogP contribution in [0.25, 0.3) is 0 Å². The molecule has 0 aromatic carbocycles. The first kappa shape index (κ1) is 15.7. The minimum Gasteiger partial charge on any atom is -0.480 e. The number of carbonyl (C=O) groups excluding carboxylic acids is 1. The molecule has 0 aliphatic carbocycles. The summed E-state index contributed by atoms with van der Waals surface area (Å²) < 4.78 is 0. The summed E-state index contributed by atoms with van der Waals surface area (Å²) in [7, 11) is 3.86. The largest absolute Gasteiger partial charge is 0.480 e. The van der Waals surface area contributed by atoms with Crippen LogP contribution in [0.15, 0.2) is 0 Å². The number of hydrogen-bond acceptors (Lipinski definition) is 4. The summed E-state index contributed by atoms with van der Waals surface area (Å²) in [5.41, 5.74) is 0. The molecule has 0 unspecified atom stereocenters. The third-order valence-electron chi connectivity index (χ3n) is 2.09. The Kier molecular flexibility index (Phi) is 8.08. The number of amides is 2. The maximum atomic E-state index is 11.3. The minimum absolute atomic E-state index is 0.000448. The maximum Gasteiger partial charge on any atom is 0.326 e. The number of nitrogens with one attached hydrogen (secondary N) is 2. The van der Waals surface area contributed by atoms with Gasteiger partial charge in [-0.25, -0.2) is 9.59 Å². The Hall–Kier alpha value is -1.34. The lowest BCUT2D eigenvalue weighted by Gasteiger charge is -2.14. The number of carboxylic acid groups (broad SMARTS) is 1. The number of aliphatic carboxylic acids is 1. The van der Waals surface area contributed by atoms with E-state index in [9.17, 15) is 9.59 Å². The van der Waals surface area contributed by atoms with Gasteiger partial charge in [-0.05, 0) is 27.1 Å². The smallest absolute Gasteiger partial charge is 0.326 e. The molecule has 0 rings (SSSR count). The van der Waals surface area contributed by atoms with Crippen molar-refractivity contribution in [2.24, 2.45) is 0 Å². The molecule has 17 heavy (non-hydrogen) atoms. The Morgan fingerprint density at radius 1 is 1.35 bits per heavy atom. The van der Waals surface area contributed by atoms with E-state index in [0.717, 1.165) is 13.0 Å². The first-order valence-electron chi connectivity index (χ1n) is 5.50. The molecule has 100 valence electrons. The highest BCUT2D eigenvalue weighted by Crippen LogP contribution is 1.91. The highest BCUT2D eigenvalue weighted by atomic mass is 16.4. The van der Waals surface area contributed by atoms with Crippen LogP contribution in [0.3, 0.4) is 0 Å². The van der Waals surface area contributed by atoms with Gasteiger partial charge in [0, 0.05) is 19.6 Å². The lowest BCUT2D eigenvalue weighted by atomic mass is 10.2. The number of rotatable bonds is 8. The number of hydrogen-bond donors (Lipinski definition) is 4. The second-order valence-electron chi connectivity index (χ2n) is 3.96. The Morgan fingerprint density at radius 2 is 2.00 bits per heavy atom. The first-order chi connectivity index (χ1) is 7.97. The van der Waals surface area contributed by atoms with Gasteiger partial charge < -0.3 is 25.7 Å². The Balaban J connectivity index is 3.78. The quantitative estimate of drug-likeness (QED) is 0.415. The summed E-state index contributed by atoms with van der Waals surface area (Å²) in [6.45, 7) is 1.05. The summed E-state index contributed by atoms with van der Waals surface area (Å²) in [5.74, 6) is -1.15. The SMILES string of the molecule is CN(C)CCCNC(=O)N[C@H](CCO)C(=O)O. The van der Waals surface area contributed by atoms with Crippen molar-refractivity contribution in [1.29, 1.82) is 0 Å². The first-order valence-corrected chi connectivity index (χ1v) is 5.50. The highest BCUT2D eigenvalue weighted by molar-refractivity contribution is 5.82. The molecule has 0 saturated carbocycles. The maximum absolute atomic E-state index is 11.3. The fraction of sp³-hybridized carbons (Fsp3) is 0.800. The molecule has 4 N–H and O–H groups in total. The predicted octanol–water partition coefficient (Wildman–Crippen LogP) is -0.927. The van der Waals surface area contributed by atoms with Crippen LogP contribution in [-0.2, 0) is 4.79 Å². The second-order valence-corrected chi connectivity index (χ2v) is 3.96. The van der Waals surface area contributed by atoms with Gasteiger partial charge >= 0.3 is 12.0 Å². The lowest BCUT2D eigenvalue weighted by Crippen LogP contribution is -2.46. The molecule has 0 spiro atoms. The Morgan fingerprint density at radius 3 is 2.47 bits per heavy atom. The van der Waals surface area contributed by atoms with Crippen molar-refractivity contribution in [3.63, 3.8) is 0 Å². The molecule has 0 bridgehead atoms. The van der Waals surface area contributed by atoms with Crippen LogP contribution >= 0.6 is 0 Å². The number of urea groups is 1. The number of aliphatic hydroxyl groups is 1. The van der Waals surface area contributed by atoms with E-state index < -0.39 is 18.0 Å². The van der Waals surface area contributed by atoms with Crippen molar-refractivity contribution in [3.05, 3.63) is 0 Å². The van der Waals surface area contributed by atoms with E-state index in [1.54, 1.807) is 0 Å². The van der Waals surface area contributed by atoms with E-state index in [-0.39, 0.29) is 13.0 Å². The molecular formula is C10H21N3O4. The predicted molar refractivity (Wildman–Crippen MR) is 62.8 cm³/mol. The highest BCUT2D eigenvalue weighted by Gasteiger charge is 2.18. The molecule has 2 amide bonds. The molecule has 0 aromatic heterocycles. The van der Waals surface area contributed by atoms with Gasteiger partial charge in [0.15, 0.2) is 0 Å². The van der Waals surface area contributed by atoms with Gasteiger partial charge in [0.2, 0.25) is 0 Å². The second kappa shape index (κ2) is 8.77. The molecule has 7 heteroatoms. The zero-order chi connectivity index (χ0) is 13.3. The van der Waals surface area contributed by atoms with Crippen molar-refractivity contribution < 1.29 is 19.8 Å². The van der Waals surface area contributed by atoms with E-state index in [1.807, 2.05) is 19.0 Å². The molecule has 1 atom stereocenters. The minimum atomic E-state index is -1.15. The molecule has 0 radical (unpaired) electrons. The number of carboxylic acids is 1. The fourth-order valence-corrected chi connectivity index (χ4v) is 1.19. The van der Waals surface area contributed by atoms with Crippen molar-refractivity contribution in [2.45, 2.75) is 18.9 Å². The van der Waals surface area contributed by atoms with Gasteiger partial charge in [-0.15, -0.1) is 0 Å². The van der Waals surface area contributed by atoms with Crippen molar-refractivity contribution in [2.75, 3.05) is 33.8 Å². The number of nitrogens with zero attached hydrogens (tertiary/aromatic N) is 1. The summed E-state index contributed by atoms with van der Waals surface area (Å²) in [6, 6.07) is -1.57. The summed E-state index contributed by atoms with van der Waals surface area (Å²) in [6.07, 6.45) is 0.790. The van der Waals surface area contributed by atoms with Gasteiger partial charge in [0.05, 0.1) is 0 Å². The van der Waals surface area contributed by atoms with Gasteiger partial charge in [-0.2, -0.15) is 0 Å². The zero-order valence-electron chi connectivity index (χ0n) is 10.3. The van der Waals surface area contributed by atoms with E-state index >= 15 is 0 Å². The van der Waals surface area contributed by atoms with E-state index in [0.29, 0.717) is 6.54 Å². The molecular weight excluding hydrogens is 226 g/mol. The summed E-state index contributed by atoms with van der Waals surface area (Å²) in [4.78, 5) is 24.0. The van der Waals surface area contributed by atoms with Crippen LogP contribution in [0.4, 0.5) is 4.79 Å². The fourth-order valence-electron chi connectivity index (χ4n) is 1.19. The topological polar surface area (TPSA) is 102 Å². The van der Waals surface area contributed by atoms with E-state index in [1.165, 1.54) is 0 Å². The van der Waals surface area contributed by atoms with E-state index in [2.05, 4.69) is 10.6 Å². The average molecular weight is 247 g/mol. The Bertz CT molecular complexity index is 246. The van der Waals surface area contributed by atoms with Crippen LogP contribution in [0, 0.1) is 0 Å². The number of aliphatic hydroxyl groups excluding tert-OH is 1. The average Bonchev–Trinajstić information content (AvgIpc) is 2.23. The Labute approximate surface area is 101 Å². The van der Waals surface area contributed by atoms with Gasteiger partial charge in [-0.1, -0.05) is 0 Å². The molecule has 0 aliphatic rings. The normalized spacial score (nSPS) is 12.2. The van der Waals surface area contributed by atoms with Gasteiger partial charge in [0.25, 0.3) is 0 Å². The standard InChI is InChI=1S/C10H21N3O4/c1-13(2)6-3-5-11-10(17)12-8(4-7-14)9(15)16/h8,14H,3-7H2,1-2H3,(H,15,16)(H2,11,12,17)/t8-/m1/s1. The molecule has 0 saturated heterocycles. The molecule has 0 heterocycles. The van der Waals surface area contributed by atoms with Gasteiger partial charge in [0.1, 0.15) is 6.04 Å². The molecule has 0 fully saturated rings. The van der Waals surface area contributed by atoms with Crippen molar-refractivity contribution >= 4 is 12.0 Å². The summed E-state index contributed by atoms with van der Waals surface area (Å²) >= 11 is 0. The lowest BCUT2D eigenvalue weighted by molar-refractivity contribution is -0.139. The third-order valence-corrected chi connectivity index (χ3v) is 2.09. The van der Waals surface area contributed by atoms with Crippen molar-refractivity contribution in [3.8, 4) is 0 Å².